The van der Waals surface area contributed by atoms with Crippen molar-refractivity contribution in [3.05, 3.63) is 0 Å². The maximum atomic E-state index is 11.3. The van der Waals surface area contributed by atoms with Gasteiger partial charge in [-0.15, -0.1) is 24.0 Å². The average Bonchev–Trinajstić information content (AvgIpc) is 2.42. The highest BCUT2D eigenvalue weighted by Gasteiger charge is 2.24. The quantitative estimate of drug-likeness (QED) is 0.189. The van der Waals surface area contributed by atoms with Crippen LogP contribution < -0.4 is 10.6 Å². The van der Waals surface area contributed by atoms with E-state index in [1.807, 2.05) is 13.8 Å². The van der Waals surface area contributed by atoms with Gasteiger partial charge in [0.1, 0.15) is 0 Å². The van der Waals surface area contributed by atoms with E-state index in [2.05, 4.69) is 36.4 Å². The van der Waals surface area contributed by atoms with Crippen molar-refractivity contribution in [2.75, 3.05) is 33.4 Å². The number of hydrogen-bond donors (Lipinski definition) is 2. The molecule has 0 aliphatic carbocycles. The van der Waals surface area contributed by atoms with Gasteiger partial charge in [0.05, 0.1) is 19.3 Å². The van der Waals surface area contributed by atoms with E-state index in [4.69, 9.17) is 9.47 Å². The minimum atomic E-state index is -0.154. The van der Waals surface area contributed by atoms with E-state index >= 15 is 0 Å². The van der Waals surface area contributed by atoms with Gasteiger partial charge in [-0.25, -0.2) is 0 Å². The number of ether oxygens (including phenoxy) is 2. The van der Waals surface area contributed by atoms with Crippen LogP contribution >= 0.6 is 24.0 Å². The highest BCUT2D eigenvalue weighted by Crippen LogP contribution is 2.21. The third-order valence-electron chi connectivity index (χ3n) is 3.17. The van der Waals surface area contributed by atoms with E-state index < -0.39 is 0 Å². The van der Waals surface area contributed by atoms with Crippen molar-refractivity contribution in [3.63, 3.8) is 0 Å². The summed E-state index contributed by atoms with van der Waals surface area (Å²) in [7, 11) is 1.71. The summed E-state index contributed by atoms with van der Waals surface area (Å²) in [4.78, 5) is 15.8. The van der Waals surface area contributed by atoms with Crippen molar-refractivity contribution in [3.8, 4) is 0 Å². The molecule has 2 N–H and O–H groups in total. The Morgan fingerprint density at radius 3 is 2.35 bits per heavy atom. The Morgan fingerprint density at radius 1 is 1.22 bits per heavy atom. The molecule has 0 aromatic rings. The minimum absolute atomic E-state index is 0. The van der Waals surface area contributed by atoms with E-state index in [1.54, 1.807) is 7.11 Å². The van der Waals surface area contributed by atoms with E-state index in [0.717, 1.165) is 18.9 Å². The second-order valence-electron chi connectivity index (χ2n) is 6.15. The molecule has 7 heteroatoms. The van der Waals surface area contributed by atoms with Gasteiger partial charge in [0.15, 0.2) is 5.96 Å². The molecule has 0 fully saturated rings. The number of hydrogen-bond acceptors (Lipinski definition) is 4. The lowest BCUT2D eigenvalue weighted by atomic mass is 9.89. The molecule has 0 amide bonds. The van der Waals surface area contributed by atoms with Crippen LogP contribution in [0.25, 0.3) is 0 Å². The summed E-state index contributed by atoms with van der Waals surface area (Å²) in [5, 5.41) is 6.42. The van der Waals surface area contributed by atoms with Crippen LogP contribution in [0.4, 0.5) is 0 Å². The molecule has 6 nitrogen and oxygen atoms in total. The Balaban J connectivity index is 0. The van der Waals surface area contributed by atoms with Crippen molar-refractivity contribution in [1.29, 1.82) is 0 Å². The molecule has 0 radical (unpaired) electrons. The largest absolute Gasteiger partial charge is 0.466 e. The first kappa shape index (κ1) is 24.7. The summed E-state index contributed by atoms with van der Waals surface area (Å²) in [6, 6.07) is 0. The standard InChI is InChI=1S/C16H33N3O3.HI/c1-7-17-15(18-11-9-10-14(20)22-8-2)19-12-13(21-6)16(3,4)5;/h13H,7-12H2,1-6H3,(H2,17,18,19);1H. The lowest BCUT2D eigenvalue weighted by Crippen LogP contribution is -2.39. The molecule has 0 saturated heterocycles. The summed E-state index contributed by atoms with van der Waals surface area (Å²) in [5.41, 5.74) is 0.0412. The van der Waals surface area contributed by atoms with E-state index in [-0.39, 0.29) is 41.5 Å². The predicted molar refractivity (Wildman–Crippen MR) is 106 cm³/mol. The Kier molecular flexibility index (Phi) is 14.8. The van der Waals surface area contributed by atoms with Crippen LogP contribution in [0.15, 0.2) is 4.99 Å². The first-order valence-electron chi connectivity index (χ1n) is 8.05. The van der Waals surface area contributed by atoms with Crippen molar-refractivity contribution in [1.82, 2.24) is 10.6 Å². The highest BCUT2D eigenvalue weighted by atomic mass is 127. The Bertz CT molecular complexity index is 344. The van der Waals surface area contributed by atoms with Gasteiger partial charge >= 0.3 is 5.97 Å². The molecular weight excluding hydrogens is 409 g/mol. The van der Waals surface area contributed by atoms with Gasteiger partial charge in [-0.1, -0.05) is 20.8 Å². The summed E-state index contributed by atoms with van der Waals surface area (Å²) < 4.78 is 10.4. The van der Waals surface area contributed by atoms with Crippen molar-refractivity contribution < 1.29 is 14.3 Å². The lowest BCUT2D eigenvalue weighted by molar-refractivity contribution is -0.143. The third-order valence-corrected chi connectivity index (χ3v) is 3.17. The zero-order valence-corrected chi connectivity index (χ0v) is 17.7. The fourth-order valence-electron chi connectivity index (χ4n) is 1.89. The summed E-state index contributed by atoms with van der Waals surface area (Å²) in [5.74, 6) is 0.594. The van der Waals surface area contributed by atoms with Crippen molar-refractivity contribution in [2.24, 2.45) is 10.4 Å². The van der Waals surface area contributed by atoms with Crippen LogP contribution in [0.1, 0.15) is 47.5 Å². The number of carbonyl (C=O) groups is 1. The number of methoxy groups -OCH3 is 1. The number of guanidine groups is 1. The number of carbonyl (C=O) groups excluding carboxylic acids is 1. The second kappa shape index (κ2) is 13.8. The summed E-state index contributed by atoms with van der Waals surface area (Å²) in [6.07, 6.45) is 1.20. The van der Waals surface area contributed by atoms with Crippen LogP contribution in [-0.4, -0.2) is 51.4 Å². The van der Waals surface area contributed by atoms with Gasteiger partial charge in [0, 0.05) is 26.6 Å². The third kappa shape index (κ3) is 12.5. The highest BCUT2D eigenvalue weighted by molar-refractivity contribution is 14.0. The average molecular weight is 443 g/mol. The molecule has 23 heavy (non-hydrogen) atoms. The Labute approximate surface area is 158 Å². The SMILES string of the molecule is CCNC(=NCC(OC)C(C)(C)C)NCCCC(=O)OCC.I. The summed E-state index contributed by atoms with van der Waals surface area (Å²) in [6.45, 7) is 12.7. The van der Waals surface area contributed by atoms with Gasteiger partial charge in [0.25, 0.3) is 0 Å². The molecule has 0 aromatic carbocycles. The topological polar surface area (TPSA) is 72.0 Å². The first-order chi connectivity index (χ1) is 10.3. The zero-order chi connectivity index (χ0) is 17.0. The Hall–Kier alpha value is -0.570. The lowest BCUT2D eigenvalue weighted by Gasteiger charge is -2.28. The number of nitrogens with zero attached hydrogens (tertiary/aromatic N) is 1. The van der Waals surface area contributed by atoms with Crippen LogP contribution in [0, 0.1) is 5.41 Å². The fourth-order valence-corrected chi connectivity index (χ4v) is 1.89. The molecular formula is C16H34IN3O3. The predicted octanol–water partition coefficient (Wildman–Crippen LogP) is 2.56. The molecule has 0 heterocycles. The zero-order valence-electron chi connectivity index (χ0n) is 15.4. The molecule has 0 aliphatic rings. The number of halogens is 1. The smallest absolute Gasteiger partial charge is 0.305 e. The molecule has 1 atom stereocenters. The van der Waals surface area contributed by atoms with Crippen molar-refractivity contribution >= 4 is 35.9 Å². The molecule has 0 aromatic heterocycles. The van der Waals surface area contributed by atoms with Gasteiger partial charge in [-0.2, -0.15) is 0 Å². The van der Waals surface area contributed by atoms with Crippen molar-refractivity contribution in [2.45, 2.75) is 53.6 Å². The van der Waals surface area contributed by atoms with Crippen LogP contribution in [-0.2, 0) is 14.3 Å². The monoisotopic (exact) mass is 443 g/mol. The minimum Gasteiger partial charge on any atom is -0.466 e. The molecule has 0 aliphatic heterocycles. The molecule has 1 unspecified atom stereocenters. The van der Waals surface area contributed by atoms with Gasteiger partial charge in [-0.05, 0) is 25.7 Å². The number of nitrogens with one attached hydrogen (secondary N) is 2. The first-order valence-corrected chi connectivity index (χ1v) is 8.05. The van der Waals surface area contributed by atoms with E-state index in [1.165, 1.54) is 0 Å². The van der Waals surface area contributed by atoms with Gasteiger partial charge in [0.2, 0.25) is 0 Å². The molecule has 138 valence electrons. The number of aliphatic imine (C=N–C) groups is 1. The van der Waals surface area contributed by atoms with E-state index in [9.17, 15) is 4.79 Å². The van der Waals surface area contributed by atoms with Crippen LogP contribution in [0.5, 0.6) is 0 Å². The maximum absolute atomic E-state index is 11.3. The fraction of sp³-hybridized carbons (Fsp3) is 0.875. The van der Waals surface area contributed by atoms with Gasteiger partial charge < -0.3 is 20.1 Å². The molecule has 0 spiro atoms. The maximum Gasteiger partial charge on any atom is 0.305 e. The summed E-state index contributed by atoms with van der Waals surface area (Å²) >= 11 is 0. The molecule has 0 rings (SSSR count). The van der Waals surface area contributed by atoms with E-state index in [0.29, 0.717) is 26.1 Å². The molecule has 0 saturated carbocycles. The number of rotatable bonds is 9. The van der Waals surface area contributed by atoms with Crippen LogP contribution in [0.3, 0.4) is 0 Å². The number of esters is 1. The molecule has 0 bridgehead atoms. The Morgan fingerprint density at radius 2 is 1.87 bits per heavy atom. The normalized spacial score (nSPS) is 13.0. The van der Waals surface area contributed by atoms with Crippen LogP contribution in [0.2, 0.25) is 0 Å². The van der Waals surface area contributed by atoms with Gasteiger partial charge in [-0.3, -0.25) is 9.79 Å². The second-order valence-corrected chi connectivity index (χ2v) is 6.15.